The van der Waals surface area contributed by atoms with Gasteiger partial charge in [0.1, 0.15) is 12.4 Å². The molecule has 0 saturated carbocycles. The molecule has 1 N–H and O–H groups in total. The number of carbonyl (C=O) groups is 2. The fourth-order valence-electron chi connectivity index (χ4n) is 3.28. The van der Waals surface area contributed by atoms with Gasteiger partial charge in [0.2, 0.25) is 5.91 Å². The van der Waals surface area contributed by atoms with Gasteiger partial charge in [-0.1, -0.05) is 36.4 Å². The monoisotopic (exact) mass is 491 g/mol. The summed E-state index contributed by atoms with van der Waals surface area (Å²) in [5.74, 6) is 1.03. The van der Waals surface area contributed by atoms with Crippen molar-refractivity contribution in [3.8, 4) is 5.75 Å². The molecule has 176 valence electrons. The van der Waals surface area contributed by atoms with Crippen molar-refractivity contribution in [2.75, 3.05) is 12.9 Å². The summed E-state index contributed by atoms with van der Waals surface area (Å²) in [6, 6.07) is 12.7. The first kappa shape index (κ1) is 24.8. The number of ether oxygens (including phenoxy) is 2. The van der Waals surface area contributed by atoms with E-state index in [0.29, 0.717) is 12.2 Å². The molecule has 0 radical (unpaired) electrons. The third kappa shape index (κ3) is 6.16. The number of carbonyl (C=O) groups excluding carboxylic acids is 2. The lowest BCUT2D eigenvalue weighted by Crippen LogP contribution is -2.61. The normalized spacial score (nSPS) is 19.5. The SMILES string of the molecule is C=C1CS[C@@H]2CC(=O)N2C1C(=O)OCc1ccc(OC)cc1.Cc1ccc(S(=O)(=O)O)cc1. The second-order valence-electron chi connectivity index (χ2n) is 7.58. The molecule has 2 aromatic carbocycles. The van der Waals surface area contributed by atoms with Crippen LogP contribution in [0.4, 0.5) is 0 Å². The van der Waals surface area contributed by atoms with Crippen molar-refractivity contribution in [3.63, 3.8) is 0 Å². The van der Waals surface area contributed by atoms with Crippen LogP contribution in [0.3, 0.4) is 0 Å². The second kappa shape index (κ2) is 10.4. The van der Waals surface area contributed by atoms with Crippen LogP contribution >= 0.6 is 11.8 Å². The van der Waals surface area contributed by atoms with E-state index in [9.17, 15) is 18.0 Å². The van der Waals surface area contributed by atoms with Gasteiger partial charge in [-0.2, -0.15) is 8.42 Å². The highest BCUT2D eigenvalue weighted by Gasteiger charge is 2.48. The molecule has 1 unspecified atom stereocenters. The van der Waals surface area contributed by atoms with Crippen LogP contribution in [0.15, 0.2) is 65.6 Å². The molecule has 2 heterocycles. The van der Waals surface area contributed by atoms with Gasteiger partial charge in [-0.15, -0.1) is 11.8 Å². The molecular formula is C23H25NO7S2. The molecule has 10 heteroatoms. The summed E-state index contributed by atoms with van der Waals surface area (Å²) in [7, 11) is -2.42. The van der Waals surface area contributed by atoms with Gasteiger partial charge in [0.15, 0.2) is 6.04 Å². The number of hydrogen-bond acceptors (Lipinski definition) is 7. The number of thioether (sulfide) groups is 1. The summed E-state index contributed by atoms with van der Waals surface area (Å²) in [6.07, 6.45) is 0.500. The average molecular weight is 492 g/mol. The molecule has 0 aromatic heterocycles. The lowest BCUT2D eigenvalue weighted by molar-refractivity contribution is -0.160. The van der Waals surface area contributed by atoms with E-state index < -0.39 is 22.1 Å². The van der Waals surface area contributed by atoms with Crippen molar-refractivity contribution in [2.45, 2.75) is 36.3 Å². The quantitative estimate of drug-likeness (QED) is 0.294. The molecular weight excluding hydrogens is 466 g/mol. The van der Waals surface area contributed by atoms with E-state index in [0.717, 1.165) is 22.4 Å². The highest BCUT2D eigenvalue weighted by Crippen LogP contribution is 2.39. The number of aryl methyl sites for hydroxylation is 1. The van der Waals surface area contributed by atoms with Gasteiger partial charge >= 0.3 is 5.97 Å². The van der Waals surface area contributed by atoms with Crippen LogP contribution in [-0.4, -0.2) is 54.0 Å². The van der Waals surface area contributed by atoms with E-state index in [2.05, 4.69) is 6.58 Å². The van der Waals surface area contributed by atoms with Crippen LogP contribution in [-0.2, 0) is 31.1 Å². The Morgan fingerprint density at radius 3 is 2.36 bits per heavy atom. The summed E-state index contributed by atoms with van der Waals surface area (Å²) in [5.41, 5.74) is 2.56. The molecule has 0 bridgehead atoms. The molecule has 2 aromatic rings. The minimum absolute atomic E-state index is 0.00949. The predicted octanol–water partition coefficient (Wildman–Crippen LogP) is 3.21. The zero-order valence-corrected chi connectivity index (χ0v) is 19.9. The topological polar surface area (TPSA) is 110 Å². The lowest BCUT2D eigenvalue weighted by Gasteiger charge is -2.48. The molecule has 0 aliphatic carbocycles. The molecule has 1 amide bonds. The number of methoxy groups -OCH3 is 1. The number of benzene rings is 2. The van der Waals surface area contributed by atoms with Gasteiger partial charge in [0.25, 0.3) is 10.1 Å². The van der Waals surface area contributed by atoms with Gasteiger partial charge in [0.05, 0.1) is 23.8 Å². The Kier molecular flexibility index (Phi) is 7.83. The third-order valence-electron chi connectivity index (χ3n) is 5.16. The molecule has 2 saturated heterocycles. The molecule has 2 aliphatic rings. The number of β-lactam (4-membered cyclic amide) rings is 1. The van der Waals surface area contributed by atoms with Gasteiger partial charge < -0.3 is 14.4 Å². The third-order valence-corrected chi connectivity index (χ3v) is 7.34. The highest BCUT2D eigenvalue weighted by atomic mass is 32.2. The Morgan fingerprint density at radius 1 is 1.18 bits per heavy atom. The van der Waals surface area contributed by atoms with Crippen LogP contribution in [0, 0.1) is 6.92 Å². The zero-order chi connectivity index (χ0) is 24.2. The standard InChI is InChI=1S/C16H17NO4S.C7H8O3S/c1-10-9-22-14-7-13(18)17(14)15(10)16(19)21-8-11-3-5-12(20-2)6-4-11;1-6-2-4-7(5-3-6)11(8,9)10/h3-6,14-15H,1,7-9H2,2H3;2-5H,1H3,(H,8,9,10)/t14-,15?;/m1./s1. The maximum absolute atomic E-state index is 12.3. The minimum Gasteiger partial charge on any atom is -0.497 e. The number of fused-ring (bicyclic) bond motifs is 1. The van der Waals surface area contributed by atoms with Crippen LogP contribution in [0.1, 0.15) is 17.5 Å². The second-order valence-corrected chi connectivity index (χ2v) is 10.2. The molecule has 2 fully saturated rings. The van der Waals surface area contributed by atoms with Gasteiger partial charge in [-0.05, 0) is 42.3 Å². The van der Waals surface area contributed by atoms with Crippen molar-refractivity contribution in [2.24, 2.45) is 0 Å². The Bertz CT molecular complexity index is 1130. The molecule has 4 rings (SSSR count). The summed E-state index contributed by atoms with van der Waals surface area (Å²) in [4.78, 5) is 25.6. The number of esters is 1. The first-order chi connectivity index (χ1) is 15.6. The van der Waals surface area contributed by atoms with Crippen LogP contribution in [0.25, 0.3) is 0 Å². The van der Waals surface area contributed by atoms with E-state index >= 15 is 0 Å². The lowest BCUT2D eigenvalue weighted by atomic mass is 10.0. The van der Waals surface area contributed by atoms with E-state index in [1.165, 1.54) is 12.1 Å². The first-order valence-electron chi connectivity index (χ1n) is 10.0. The number of hydrogen-bond donors (Lipinski definition) is 1. The zero-order valence-electron chi connectivity index (χ0n) is 18.3. The Balaban J connectivity index is 0.000000235. The van der Waals surface area contributed by atoms with Crippen LogP contribution < -0.4 is 4.74 Å². The largest absolute Gasteiger partial charge is 0.497 e. The van der Waals surface area contributed by atoms with Crippen LogP contribution in [0.2, 0.25) is 0 Å². The van der Waals surface area contributed by atoms with Crippen molar-refractivity contribution < 1.29 is 32.0 Å². The molecule has 2 atom stereocenters. The Labute approximate surface area is 197 Å². The fraction of sp³-hybridized carbons (Fsp3) is 0.304. The summed E-state index contributed by atoms with van der Waals surface area (Å²) < 4.78 is 40.0. The van der Waals surface area contributed by atoms with Gasteiger partial charge in [0, 0.05) is 5.75 Å². The first-order valence-corrected chi connectivity index (χ1v) is 12.5. The van der Waals surface area contributed by atoms with Crippen molar-refractivity contribution in [3.05, 3.63) is 71.8 Å². The average Bonchev–Trinajstić information content (AvgIpc) is 2.78. The van der Waals surface area contributed by atoms with E-state index in [-0.39, 0.29) is 22.8 Å². The van der Waals surface area contributed by atoms with E-state index in [1.54, 1.807) is 35.9 Å². The Morgan fingerprint density at radius 2 is 1.82 bits per heavy atom. The summed E-state index contributed by atoms with van der Waals surface area (Å²) in [6.45, 7) is 5.93. The molecule has 2 aliphatic heterocycles. The smallest absolute Gasteiger partial charge is 0.333 e. The van der Waals surface area contributed by atoms with Gasteiger partial charge in [-0.25, -0.2) is 4.79 Å². The number of rotatable bonds is 5. The fourth-order valence-corrected chi connectivity index (χ4v) is 4.98. The maximum atomic E-state index is 12.3. The van der Waals surface area contributed by atoms with Crippen LogP contribution in [0.5, 0.6) is 5.75 Å². The number of amides is 1. The molecule has 0 spiro atoms. The highest BCUT2D eigenvalue weighted by molar-refractivity contribution is 8.00. The van der Waals surface area contributed by atoms with E-state index in [1.807, 2.05) is 31.2 Å². The predicted molar refractivity (Wildman–Crippen MR) is 124 cm³/mol. The summed E-state index contributed by atoms with van der Waals surface area (Å²) >= 11 is 1.65. The molecule has 8 nitrogen and oxygen atoms in total. The minimum atomic E-state index is -4.02. The van der Waals surface area contributed by atoms with Crippen molar-refractivity contribution in [1.82, 2.24) is 4.90 Å². The summed E-state index contributed by atoms with van der Waals surface area (Å²) in [5, 5.41) is 0.0940. The maximum Gasteiger partial charge on any atom is 0.333 e. The van der Waals surface area contributed by atoms with Gasteiger partial charge in [-0.3, -0.25) is 9.35 Å². The Hall–Kier alpha value is -2.82. The van der Waals surface area contributed by atoms with Crippen molar-refractivity contribution in [1.29, 1.82) is 0 Å². The van der Waals surface area contributed by atoms with Crippen molar-refractivity contribution >= 4 is 33.8 Å². The van der Waals surface area contributed by atoms with E-state index in [4.69, 9.17) is 14.0 Å². The molecule has 33 heavy (non-hydrogen) atoms. The number of nitrogens with zero attached hydrogens (tertiary/aromatic N) is 1.